The van der Waals surface area contributed by atoms with Crippen molar-refractivity contribution in [2.75, 3.05) is 0 Å². The third kappa shape index (κ3) is 4.93. The van der Waals surface area contributed by atoms with Gasteiger partial charge in [0.05, 0.1) is 5.56 Å². The second-order valence-corrected chi connectivity index (χ2v) is 8.73. The van der Waals surface area contributed by atoms with Gasteiger partial charge in [-0.05, 0) is 59.1 Å². The summed E-state index contributed by atoms with van der Waals surface area (Å²) in [5.74, 6) is -0.965. The Morgan fingerprint density at radius 2 is 1.34 bits per heavy atom. The number of esters is 1. The van der Waals surface area contributed by atoms with Crippen molar-refractivity contribution in [1.82, 2.24) is 0 Å². The van der Waals surface area contributed by atoms with Gasteiger partial charge >= 0.3 is 5.97 Å². The van der Waals surface area contributed by atoms with Gasteiger partial charge in [0.2, 0.25) is 0 Å². The van der Waals surface area contributed by atoms with Crippen molar-refractivity contribution in [3.8, 4) is 0 Å². The van der Waals surface area contributed by atoms with Crippen molar-refractivity contribution >= 4 is 5.97 Å². The van der Waals surface area contributed by atoms with Crippen LogP contribution in [0.3, 0.4) is 0 Å². The minimum absolute atomic E-state index is 0.119. The van der Waals surface area contributed by atoms with E-state index in [4.69, 9.17) is 4.74 Å². The molecule has 1 aliphatic rings. The smallest absolute Gasteiger partial charge is 0.342 e. The predicted molar refractivity (Wildman–Crippen MR) is 127 cm³/mol. The fraction of sp³-hybridized carbons (Fsp3) is 0.345. The lowest BCUT2D eigenvalue weighted by molar-refractivity contribution is 0.0245. The standard InChI is InChI=1S/C29H31FO2/c1-3-5-20-7-9-21(10-8-20)11-12-22-13-15-23(16-14-22)26-19-25-18-17-24(6-4-2)28(30)27(25)29(31)32-26/h7-10,13-18,26H,3-6,11-12,19H2,1-2H3. The van der Waals surface area contributed by atoms with E-state index in [0.29, 0.717) is 18.4 Å². The minimum Gasteiger partial charge on any atom is -0.453 e. The summed E-state index contributed by atoms with van der Waals surface area (Å²) in [6, 6.07) is 20.9. The van der Waals surface area contributed by atoms with Crippen molar-refractivity contribution in [1.29, 1.82) is 0 Å². The molecule has 0 fully saturated rings. The summed E-state index contributed by atoms with van der Waals surface area (Å²) in [6.07, 6.45) is 5.86. The van der Waals surface area contributed by atoms with Gasteiger partial charge in [-0.15, -0.1) is 0 Å². The molecule has 166 valence electrons. The minimum atomic E-state index is -0.553. The topological polar surface area (TPSA) is 26.3 Å². The highest BCUT2D eigenvalue weighted by molar-refractivity contribution is 5.93. The number of carbonyl (C=O) groups is 1. The molecule has 0 N–H and O–H groups in total. The van der Waals surface area contributed by atoms with Crippen LogP contribution in [0, 0.1) is 5.82 Å². The Kier molecular flexibility index (Phi) is 7.04. The molecule has 1 aliphatic heterocycles. The summed E-state index contributed by atoms with van der Waals surface area (Å²) in [5.41, 5.74) is 6.39. The molecule has 32 heavy (non-hydrogen) atoms. The first-order chi connectivity index (χ1) is 15.6. The molecule has 3 aromatic rings. The number of carbonyl (C=O) groups excluding carboxylic acids is 1. The van der Waals surface area contributed by atoms with E-state index in [9.17, 15) is 9.18 Å². The van der Waals surface area contributed by atoms with E-state index in [2.05, 4.69) is 43.3 Å². The Morgan fingerprint density at radius 3 is 1.94 bits per heavy atom. The van der Waals surface area contributed by atoms with Crippen LogP contribution in [0.15, 0.2) is 60.7 Å². The molecule has 3 heteroatoms. The summed E-state index contributed by atoms with van der Waals surface area (Å²) in [6.45, 7) is 4.20. The molecule has 0 aromatic heterocycles. The zero-order valence-electron chi connectivity index (χ0n) is 19.0. The average molecular weight is 431 g/mol. The lowest BCUT2D eigenvalue weighted by Gasteiger charge is -2.26. The molecule has 2 nitrogen and oxygen atoms in total. The maximum atomic E-state index is 14.8. The van der Waals surface area contributed by atoms with E-state index < -0.39 is 11.8 Å². The summed E-state index contributed by atoms with van der Waals surface area (Å²) in [5, 5.41) is 0. The van der Waals surface area contributed by atoms with Crippen LogP contribution in [0.1, 0.15) is 76.5 Å². The van der Waals surface area contributed by atoms with Crippen LogP contribution in [-0.4, -0.2) is 5.97 Å². The fourth-order valence-corrected chi connectivity index (χ4v) is 4.48. The zero-order chi connectivity index (χ0) is 22.5. The van der Waals surface area contributed by atoms with E-state index in [1.807, 2.05) is 31.2 Å². The molecule has 1 heterocycles. The molecular formula is C29H31FO2. The summed E-state index contributed by atoms with van der Waals surface area (Å²) < 4.78 is 20.4. The lowest BCUT2D eigenvalue weighted by Crippen LogP contribution is -2.24. The maximum Gasteiger partial charge on any atom is 0.342 e. The fourth-order valence-electron chi connectivity index (χ4n) is 4.48. The molecule has 1 unspecified atom stereocenters. The van der Waals surface area contributed by atoms with Crippen molar-refractivity contribution in [3.05, 3.63) is 105 Å². The largest absolute Gasteiger partial charge is 0.453 e. The van der Waals surface area contributed by atoms with Gasteiger partial charge in [-0.25, -0.2) is 9.18 Å². The van der Waals surface area contributed by atoms with Crippen LogP contribution in [0.4, 0.5) is 4.39 Å². The number of ether oxygens (including phenoxy) is 1. The number of benzene rings is 3. The number of hydrogen-bond acceptors (Lipinski definition) is 2. The molecule has 0 amide bonds. The van der Waals surface area contributed by atoms with Crippen LogP contribution in [-0.2, 0) is 36.8 Å². The first-order valence-corrected chi connectivity index (χ1v) is 11.8. The third-order valence-electron chi connectivity index (χ3n) is 6.30. The normalized spacial score (nSPS) is 15.3. The second kappa shape index (κ2) is 10.1. The Labute approximate surface area is 190 Å². The molecule has 3 aromatic carbocycles. The Hall–Kier alpha value is -2.94. The Balaban J connectivity index is 1.41. The van der Waals surface area contributed by atoms with E-state index in [1.165, 1.54) is 23.1 Å². The monoisotopic (exact) mass is 430 g/mol. The van der Waals surface area contributed by atoms with Crippen molar-refractivity contribution in [3.63, 3.8) is 0 Å². The van der Waals surface area contributed by atoms with Gasteiger partial charge in [-0.1, -0.05) is 87.4 Å². The average Bonchev–Trinajstić information content (AvgIpc) is 2.81. The molecule has 0 radical (unpaired) electrons. The summed E-state index contributed by atoms with van der Waals surface area (Å²) in [7, 11) is 0. The van der Waals surface area contributed by atoms with Gasteiger partial charge in [-0.2, -0.15) is 0 Å². The highest BCUT2D eigenvalue weighted by Gasteiger charge is 2.31. The van der Waals surface area contributed by atoms with Gasteiger partial charge in [0.1, 0.15) is 11.9 Å². The SMILES string of the molecule is CCCc1ccc(CCc2ccc(C3Cc4ccc(CCC)c(F)c4C(=O)O3)cc2)cc1. The molecule has 1 atom stereocenters. The molecule has 4 rings (SSSR count). The van der Waals surface area contributed by atoms with Crippen molar-refractivity contribution in [2.24, 2.45) is 0 Å². The zero-order valence-corrected chi connectivity index (χ0v) is 19.0. The molecule has 0 saturated carbocycles. The molecule has 0 aliphatic carbocycles. The van der Waals surface area contributed by atoms with E-state index >= 15 is 0 Å². The van der Waals surface area contributed by atoms with Crippen LogP contribution in [0.5, 0.6) is 0 Å². The van der Waals surface area contributed by atoms with E-state index in [1.54, 1.807) is 0 Å². The quantitative estimate of drug-likeness (QED) is 0.361. The number of halogens is 1. The number of cyclic esters (lactones) is 1. The van der Waals surface area contributed by atoms with Crippen LogP contribution < -0.4 is 0 Å². The van der Waals surface area contributed by atoms with E-state index in [0.717, 1.165) is 36.8 Å². The van der Waals surface area contributed by atoms with Crippen LogP contribution in [0.2, 0.25) is 0 Å². The van der Waals surface area contributed by atoms with Gasteiger partial charge in [-0.3, -0.25) is 0 Å². The number of aryl methyl sites for hydroxylation is 4. The molecule has 0 bridgehead atoms. The Bertz CT molecular complexity index is 1070. The first kappa shape index (κ1) is 22.3. The summed E-state index contributed by atoms with van der Waals surface area (Å²) in [4.78, 5) is 12.6. The molecule has 0 spiro atoms. The van der Waals surface area contributed by atoms with Crippen molar-refractivity contribution < 1.29 is 13.9 Å². The Morgan fingerprint density at radius 1 is 0.781 bits per heavy atom. The highest BCUT2D eigenvalue weighted by atomic mass is 19.1. The van der Waals surface area contributed by atoms with Gasteiger partial charge in [0.25, 0.3) is 0 Å². The lowest BCUT2D eigenvalue weighted by atomic mass is 9.91. The van der Waals surface area contributed by atoms with Gasteiger partial charge in [0.15, 0.2) is 0 Å². The maximum absolute atomic E-state index is 14.8. The van der Waals surface area contributed by atoms with Crippen LogP contribution in [0.25, 0.3) is 0 Å². The number of hydrogen-bond donors (Lipinski definition) is 0. The predicted octanol–water partition coefficient (Wildman–Crippen LogP) is 6.97. The molecule has 0 saturated heterocycles. The summed E-state index contributed by atoms with van der Waals surface area (Å²) >= 11 is 0. The van der Waals surface area contributed by atoms with Crippen molar-refractivity contribution in [2.45, 2.75) is 64.9 Å². The van der Waals surface area contributed by atoms with E-state index in [-0.39, 0.29) is 11.7 Å². The van der Waals surface area contributed by atoms with Gasteiger partial charge in [0, 0.05) is 6.42 Å². The highest BCUT2D eigenvalue weighted by Crippen LogP contribution is 2.33. The number of rotatable bonds is 8. The van der Waals surface area contributed by atoms with Gasteiger partial charge < -0.3 is 4.74 Å². The number of fused-ring (bicyclic) bond motifs is 1. The van der Waals surface area contributed by atoms with Crippen LogP contribution >= 0.6 is 0 Å². The first-order valence-electron chi connectivity index (χ1n) is 11.8. The second-order valence-electron chi connectivity index (χ2n) is 8.73. The third-order valence-corrected chi connectivity index (χ3v) is 6.30. The molecular weight excluding hydrogens is 399 g/mol.